The number of carbonyl (C=O) groups excluding carboxylic acids is 2. The van der Waals surface area contributed by atoms with Crippen LogP contribution >= 0.6 is 11.3 Å². The first kappa shape index (κ1) is 18.1. The molecule has 0 saturated carbocycles. The molecule has 1 amide bonds. The number of hydrogen-bond acceptors (Lipinski definition) is 5. The first-order chi connectivity index (χ1) is 12.7. The number of nitrogens with one attached hydrogen (secondary N) is 1. The molecule has 5 nitrogen and oxygen atoms in total. The fourth-order valence-electron chi connectivity index (χ4n) is 2.70. The highest BCUT2D eigenvalue weighted by molar-refractivity contribution is 7.18. The molecule has 0 bridgehead atoms. The lowest BCUT2D eigenvalue weighted by Gasteiger charge is -2.18. The van der Waals surface area contributed by atoms with E-state index in [4.69, 9.17) is 4.74 Å². The second-order valence-corrected chi connectivity index (χ2v) is 7.00. The van der Waals surface area contributed by atoms with Crippen LogP contribution in [0.4, 0.5) is 0 Å². The first-order valence-corrected chi connectivity index (χ1v) is 9.23. The number of nitrogens with zero attached hydrogens (tertiary/aromatic N) is 1. The summed E-state index contributed by atoms with van der Waals surface area (Å²) in [4.78, 5) is 28.6. The number of carbonyl (C=O) groups is 2. The van der Waals surface area contributed by atoms with Crippen molar-refractivity contribution in [3.8, 4) is 0 Å². The summed E-state index contributed by atoms with van der Waals surface area (Å²) in [6, 6.07) is 17.0. The Bertz CT molecular complexity index is 859. The van der Waals surface area contributed by atoms with E-state index in [0.29, 0.717) is 12.8 Å². The van der Waals surface area contributed by atoms with Crippen molar-refractivity contribution < 1.29 is 14.3 Å². The van der Waals surface area contributed by atoms with Gasteiger partial charge >= 0.3 is 5.97 Å². The lowest BCUT2D eigenvalue weighted by atomic mass is 10.0. The normalized spacial score (nSPS) is 11.9. The zero-order valence-electron chi connectivity index (χ0n) is 14.5. The number of para-hydroxylation sites is 1. The Hall–Kier alpha value is -2.73. The van der Waals surface area contributed by atoms with Gasteiger partial charge in [-0.2, -0.15) is 0 Å². The van der Waals surface area contributed by atoms with Gasteiger partial charge in [-0.05, 0) is 17.7 Å². The van der Waals surface area contributed by atoms with Crippen LogP contribution in [0, 0.1) is 0 Å². The van der Waals surface area contributed by atoms with Crippen molar-refractivity contribution in [1.29, 1.82) is 0 Å². The molecule has 0 aliphatic heterocycles. The molecule has 1 unspecified atom stereocenters. The topological polar surface area (TPSA) is 68.3 Å². The molecule has 2 aromatic carbocycles. The van der Waals surface area contributed by atoms with Crippen LogP contribution in [0.5, 0.6) is 0 Å². The Kier molecular flexibility index (Phi) is 5.96. The van der Waals surface area contributed by atoms with Crippen molar-refractivity contribution in [2.45, 2.75) is 25.3 Å². The third-order valence-corrected chi connectivity index (χ3v) is 5.14. The summed E-state index contributed by atoms with van der Waals surface area (Å²) in [6.45, 7) is 0. The number of aryl methyl sites for hydroxylation is 1. The molecular formula is C20H20N2O3S. The number of hydrogen-bond donors (Lipinski definition) is 1. The molecule has 0 fully saturated rings. The lowest BCUT2D eigenvalue weighted by Crippen LogP contribution is -2.30. The fourth-order valence-corrected chi connectivity index (χ4v) is 3.67. The molecule has 3 aromatic rings. The molecule has 1 N–H and O–H groups in total. The Morgan fingerprint density at radius 2 is 1.85 bits per heavy atom. The molecule has 6 heteroatoms. The van der Waals surface area contributed by atoms with E-state index in [1.165, 1.54) is 7.11 Å². The summed E-state index contributed by atoms with van der Waals surface area (Å²) in [6.07, 6.45) is 1.00. The minimum Gasteiger partial charge on any atom is -0.469 e. The third-order valence-electron chi connectivity index (χ3n) is 4.04. The smallest absolute Gasteiger partial charge is 0.307 e. The highest BCUT2D eigenvalue weighted by atomic mass is 32.1. The average molecular weight is 368 g/mol. The van der Waals surface area contributed by atoms with Crippen LogP contribution in [0.3, 0.4) is 0 Å². The fraction of sp³-hybridized carbons (Fsp3) is 0.250. The number of rotatable bonds is 7. The highest BCUT2D eigenvalue weighted by Crippen LogP contribution is 2.23. The summed E-state index contributed by atoms with van der Waals surface area (Å²) in [7, 11) is 1.35. The summed E-state index contributed by atoms with van der Waals surface area (Å²) in [5, 5.41) is 3.88. The molecule has 0 radical (unpaired) electrons. The van der Waals surface area contributed by atoms with E-state index >= 15 is 0 Å². The Balaban J connectivity index is 1.62. The molecule has 0 spiro atoms. The van der Waals surface area contributed by atoms with Crippen molar-refractivity contribution >= 4 is 33.4 Å². The zero-order chi connectivity index (χ0) is 18.4. The van der Waals surface area contributed by atoms with Gasteiger partial charge in [-0.25, -0.2) is 4.98 Å². The molecule has 26 heavy (non-hydrogen) atoms. The van der Waals surface area contributed by atoms with Gasteiger partial charge in [0.15, 0.2) is 0 Å². The molecule has 1 heterocycles. The lowest BCUT2D eigenvalue weighted by molar-refractivity contribution is -0.141. The van der Waals surface area contributed by atoms with E-state index in [9.17, 15) is 9.59 Å². The maximum atomic E-state index is 12.4. The van der Waals surface area contributed by atoms with E-state index in [0.717, 1.165) is 20.8 Å². The standard InChI is InChI=1S/C20H20N2O3S/c1-25-20(24)13-16(14-7-3-2-4-8-14)21-18(23)11-12-19-22-15-9-5-6-10-17(15)26-19/h2-10,16H,11-13H2,1H3,(H,21,23). The summed E-state index contributed by atoms with van der Waals surface area (Å²) < 4.78 is 5.87. The minimum absolute atomic E-state index is 0.105. The number of ether oxygens (including phenoxy) is 1. The SMILES string of the molecule is COC(=O)CC(NC(=O)CCc1nc2ccccc2s1)c1ccccc1. The van der Waals surface area contributed by atoms with Crippen molar-refractivity contribution in [3.05, 3.63) is 65.2 Å². The summed E-state index contributed by atoms with van der Waals surface area (Å²) in [5.41, 5.74) is 1.84. The predicted molar refractivity (Wildman–Crippen MR) is 102 cm³/mol. The summed E-state index contributed by atoms with van der Waals surface area (Å²) >= 11 is 1.60. The number of amides is 1. The Labute approximate surface area is 156 Å². The molecule has 1 atom stereocenters. The van der Waals surface area contributed by atoms with E-state index in [-0.39, 0.29) is 18.3 Å². The van der Waals surface area contributed by atoms with Gasteiger partial charge < -0.3 is 10.1 Å². The molecule has 1 aromatic heterocycles. The molecule has 0 saturated heterocycles. The van der Waals surface area contributed by atoms with Crippen LogP contribution in [-0.4, -0.2) is 24.0 Å². The predicted octanol–water partition coefficient (Wildman–Crippen LogP) is 3.65. The van der Waals surface area contributed by atoms with Gasteiger partial charge in [0.2, 0.25) is 5.91 Å². The molecular weight excluding hydrogens is 348 g/mol. The van der Waals surface area contributed by atoms with Crippen LogP contribution in [0.1, 0.15) is 29.5 Å². The van der Waals surface area contributed by atoms with Gasteiger partial charge in [0, 0.05) is 12.8 Å². The van der Waals surface area contributed by atoms with E-state index < -0.39 is 6.04 Å². The Morgan fingerprint density at radius 3 is 2.58 bits per heavy atom. The average Bonchev–Trinajstić information content (AvgIpc) is 3.09. The number of benzene rings is 2. The number of fused-ring (bicyclic) bond motifs is 1. The van der Waals surface area contributed by atoms with Crippen molar-refractivity contribution in [3.63, 3.8) is 0 Å². The molecule has 134 valence electrons. The van der Waals surface area contributed by atoms with E-state index in [1.807, 2.05) is 54.6 Å². The van der Waals surface area contributed by atoms with E-state index in [2.05, 4.69) is 10.3 Å². The van der Waals surface area contributed by atoms with E-state index in [1.54, 1.807) is 11.3 Å². The van der Waals surface area contributed by atoms with Gasteiger partial charge in [-0.3, -0.25) is 9.59 Å². The summed E-state index contributed by atoms with van der Waals surface area (Å²) in [5.74, 6) is -0.465. The van der Waals surface area contributed by atoms with Crippen LogP contribution in [0.15, 0.2) is 54.6 Å². The van der Waals surface area contributed by atoms with Crippen molar-refractivity contribution in [2.75, 3.05) is 7.11 Å². The molecule has 3 rings (SSSR count). The first-order valence-electron chi connectivity index (χ1n) is 8.41. The number of thiazole rings is 1. The zero-order valence-corrected chi connectivity index (χ0v) is 15.3. The Morgan fingerprint density at radius 1 is 1.12 bits per heavy atom. The number of esters is 1. The minimum atomic E-state index is -0.397. The van der Waals surface area contributed by atoms with Crippen molar-refractivity contribution in [1.82, 2.24) is 10.3 Å². The number of aromatic nitrogens is 1. The van der Waals surface area contributed by atoms with Gasteiger partial charge in [0.05, 0.1) is 34.8 Å². The van der Waals surface area contributed by atoms with Crippen LogP contribution in [-0.2, 0) is 20.7 Å². The number of methoxy groups -OCH3 is 1. The van der Waals surface area contributed by atoms with Crippen LogP contribution < -0.4 is 5.32 Å². The third kappa shape index (κ3) is 4.67. The van der Waals surface area contributed by atoms with Crippen LogP contribution in [0.2, 0.25) is 0 Å². The second kappa shape index (κ2) is 8.58. The second-order valence-electron chi connectivity index (χ2n) is 5.89. The van der Waals surface area contributed by atoms with Crippen LogP contribution in [0.25, 0.3) is 10.2 Å². The monoisotopic (exact) mass is 368 g/mol. The van der Waals surface area contributed by atoms with Gasteiger partial charge in [-0.15, -0.1) is 11.3 Å². The quantitative estimate of drug-likeness (QED) is 0.647. The van der Waals surface area contributed by atoms with Crippen molar-refractivity contribution in [2.24, 2.45) is 0 Å². The van der Waals surface area contributed by atoms with Gasteiger partial charge in [0.25, 0.3) is 0 Å². The highest BCUT2D eigenvalue weighted by Gasteiger charge is 2.19. The maximum Gasteiger partial charge on any atom is 0.307 e. The molecule has 0 aliphatic rings. The maximum absolute atomic E-state index is 12.4. The van der Waals surface area contributed by atoms with Gasteiger partial charge in [0.1, 0.15) is 0 Å². The molecule has 0 aliphatic carbocycles. The largest absolute Gasteiger partial charge is 0.469 e. The van der Waals surface area contributed by atoms with Gasteiger partial charge in [-0.1, -0.05) is 42.5 Å².